The maximum atomic E-state index is 12.6. The Balaban J connectivity index is 1.97. The number of aliphatic hydroxyl groups excluding tert-OH is 2. The molecular formula is C17H23N3O3. The molecule has 1 atom stereocenters. The average molecular weight is 317 g/mol. The normalized spacial score (nSPS) is 16.0. The van der Waals surface area contributed by atoms with Gasteiger partial charge in [0.05, 0.1) is 19.3 Å². The first kappa shape index (κ1) is 16.0. The number of para-hydroxylation sites is 1. The summed E-state index contributed by atoms with van der Waals surface area (Å²) in [6.07, 6.45) is 0.214. The van der Waals surface area contributed by atoms with Gasteiger partial charge < -0.3 is 25.0 Å². The highest BCUT2D eigenvalue weighted by atomic mass is 16.3. The van der Waals surface area contributed by atoms with Crippen LogP contribution in [-0.2, 0) is 13.0 Å². The Morgan fingerprint density at radius 1 is 1.35 bits per heavy atom. The molecule has 0 spiro atoms. The van der Waals surface area contributed by atoms with Gasteiger partial charge in [-0.15, -0.1) is 0 Å². The molecule has 3 rings (SSSR count). The molecule has 3 N–H and O–H groups in total. The molecule has 1 aromatic heterocycles. The van der Waals surface area contributed by atoms with E-state index in [-0.39, 0.29) is 12.5 Å². The topological polar surface area (TPSA) is 77.7 Å². The molecule has 0 saturated heterocycles. The maximum absolute atomic E-state index is 12.6. The van der Waals surface area contributed by atoms with Gasteiger partial charge in [-0.3, -0.25) is 4.79 Å². The highest BCUT2D eigenvalue weighted by Gasteiger charge is 2.29. The zero-order chi connectivity index (χ0) is 16.4. The summed E-state index contributed by atoms with van der Waals surface area (Å²) in [5.74, 6) is 0.0120. The lowest BCUT2D eigenvalue weighted by Crippen LogP contribution is -2.37. The summed E-state index contributed by atoms with van der Waals surface area (Å²) in [5, 5.41) is 23.2. The van der Waals surface area contributed by atoms with E-state index in [2.05, 4.69) is 5.32 Å². The van der Waals surface area contributed by atoms with E-state index in [1.165, 1.54) is 0 Å². The van der Waals surface area contributed by atoms with Gasteiger partial charge in [0, 0.05) is 37.6 Å². The maximum Gasteiger partial charge on any atom is 0.270 e. The fourth-order valence-electron chi connectivity index (χ4n) is 3.25. The lowest BCUT2D eigenvalue weighted by molar-refractivity contribution is 0.0764. The summed E-state index contributed by atoms with van der Waals surface area (Å²) in [5.41, 5.74) is 2.77. The van der Waals surface area contributed by atoms with Crippen LogP contribution in [0.1, 0.15) is 16.1 Å². The van der Waals surface area contributed by atoms with Crippen molar-refractivity contribution in [2.24, 2.45) is 0 Å². The van der Waals surface area contributed by atoms with Gasteiger partial charge in [-0.2, -0.15) is 0 Å². The van der Waals surface area contributed by atoms with Crippen molar-refractivity contribution < 1.29 is 15.0 Å². The van der Waals surface area contributed by atoms with Crippen molar-refractivity contribution in [2.75, 3.05) is 33.3 Å². The Hall–Kier alpha value is -1.89. The third-order valence-electron chi connectivity index (χ3n) is 4.38. The van der Waals surface area contributed by atoms with E-state index in [1.807, 2.05) is 35.9 Å². The molecule has 0 saturated carbocycles. The van der Waals surface area contributed by atoms with Crippen LogP contribution in [0.3, 0.4) is 0 Å². The number of amides is 1. The van der Waals surface area contributed by atoms with Gasteiger partial charge in [0.25, 0.3) is 5.91 Å². The van der Waals surface area contributed by atoms with E-state index in [4.69, 9.17) is 5.11 Å². The van der Waals surface area contributed by atoms with E-state index in [0.29, 0.717) is 25.3 Å². The van der Waals surface area contributed by atoms with Crippen molar-refractivity contribution in [3.05, 3.63) is 35.5 Å². The Bertz CT molecular complexity index is 710. The minimum absolute atomic E-state index is 0.0120. The molecule has 6 nitrogen and oxygen atoms in total. The molecule has 0 bridgehead atoms. The minimum atomic E-state index is -0.624. The van der Waals surface area contributed by atoms with Crippen molar-refractivity contribution >= 4 is 16.8 Å². The van der Waals surface area contributed by atoms with Gasteiger partial charge in [-0.1, -0.05) is 18.2 Å². The highest BCUT2D eigenvalue weighted by molar-refractivity contribution is 6.02. The monoisotopic (exact) mass is 317 g/mol. The van der Waals surface area contributed by atoms with Crippen LogP contribution >= 0.6 is 0 Å². The smallest absolute Gasteiger partial charge is 0.270 e. The number of rotatable bonds is 6. The quantitative estimate of drug-likeness (QED) is 0.666. The lowest BCUT2D eigenvalue weighted by atomic mass is 10.0. The summed E-state index contributed by atoms with van der Waals surface area (Å²) < 4.78 is 1.94. The van der Waals surface area contributed by atoms with Crippen molar-refractivity contribution in [3.8, 4) is 0 Å². The molecule has 124 valence electrons. The molecule has 23 heavy (non-hydrogen) atoms. The predicted molar refractivity (Wildman–Crippen MR) is 88.6 cm³/mol. The predicted octanol–water partition coefficient (Wildman–Crippen LogP) is 0.212. The Labute approximate surface area is 135 Å². The van der Waals surface area contributed by atoms with Crippen LogP contribution in [0.5, 0.6) is 0 Å². The number of likely N-dealkylation sites (N-methyl/N-ethyl adjacent to an activating group) is 1. The third-order valence-corrected chi connectivity index (χ3v) is 4.38. The first-order chi connectivity index (χ1) is 11.1. The number of fused-ring (bicyclic) bond motifs is 3. The number of hydrogen-bond acceptors (Lipinski definition) is 4. The van der Waals surface area contributed by atoms with Crippen molar-refractivity contribution in [1.29, 1.82) is 0 Å². The second-order valence-corrected chi connectivity index (χ2v) is 6.01. The SMILES string of the molecule is CN1CCc2c(n(C[C@@H](O)CNCCO)c3ccccc23)C1=O. The first-order valence-electron chi connectivity index (χ1n) is 7.98. The van der Waals surface area contributed by atoms with Crippen molar-refractivity contribution in [3.63, 3.8) is 0 Å². The molecule has 1 aliphatic rings. The number of hydrogen-bond donors (Lipinski definition) is 3. The second-order valence-electron chi connectivity index (χ2n) is 6.01. The number of nitrogens with zero attached hydrogens (tertiary/aromatic N) is 2. The average Bonchev–Trinajstić information content (AvgIpc) is 2.86. The van der Waals surface area contributed by atoms with Crippen LogP contribution in [0.15, 0.2) is 24.3 Å². The van der Waals surface area contributed by atoms with E-state index < -0.39 is 6.10 Å². The van der Waals surface area contributed by atoms with E-state index in [1.54, 1.807) is 4.90 Å². The van der Waals surface area contributed by atoms with E-state index in [9.17, 15) is 9.90 Å². The van der Waals surface area contributed by atoms with Crippen LogP contribution in [0.25, 0.3) is 10.9 Å². The van der Waals surface area contributed by atoms with Crippen LogP contribution in [0, 0.1) is 0 Å². The number of nitrogens with one attached hydrogen (secondary N) is 1. The first-order valence-corrected chi connectivity index (χ1v) is 7.98. The molecule has 2 heterocycles. The Morgan fingerprint density at radius 3 is 2.91 bits per heavy atom. The van der Waals surface area contributed by atoms with Crippen molar-refractivity contribution in [1.82, 2.24) is 14.8 Å². The molecule has 0 radical (unpaired) electrons. The van der Waals surface area contributed by atoms with Crippen LogP contribution in [-0.4, -0.2) is 65.0 Å². The summed E-state index contributed by atoms with van der Waals surface area (Å²) in [6.45, 7) is 1.95. The van der Waals surface area contributed by atoms with Gasteiger partial charge in [-0.25, -0.2) is 0 Å². The standard InChI is InChI=1S/C17H23N3O3/c1-19-8-6-14-13-4-2-3-5-15(13)20(16(14)17(19)23)11-12(22)10-18-7-9-21/h2-5,12,18,21-22H,6-11H2,1H3/t12-/m0/s1. The molecule has 6 heteroatoms. The van der Waals surface area contributed by atoms with Crippen LogP contribution in [0.4, 0.5) is 0 Å². The lowest BCUT2D eigenvalue weighted by Gasteiger charge is -2.25. The van der Waals surface area contributed by atoms with E-state index >= 15 is 0 Å². The van der Waals surface area contributed by atoms with Gasteiger partial charge >= 0.3 is 0 Å². The number of carbonyl (C=O) groups excluding carboxylic acids is 1. The Morgan fingerprint density at radius 2 is 2.13 bits per heavy atom. The molecule has 1 aliphatic heterocycles. The summed E-state index contributed by atoms with van der Waals surface area (Å²) in [7, 11) is 1.81. The molecule has 0 fully saturated rings. The number of aromatic nitrogens is 1. The van der Waals surface area contributed by atoms with Gasteiger partial charge in [-0.05, 0) is 18.1 Å². The van der Waals surface area contributed by atoms with Gasteiger partial charge in [0.2, 0.25) is 0 Å². The third kappa shape index (κ3) is 2.97. The number of benzene rings is 1. The number of carbonyl (C=O) groups is 1. The highest BCUT2D eigenvalue weighted by Crippen LogP contribution is 2.30. The Kier molecular flexibility index (Phi) is 4.66. The molecule has 2 aromatic rings. The van der Waals surface area contributed by atoms with Crippen molar-refractivity contribution in [2.45, 2.75) is 19.1 Å². The zero-order valence-electron chi connectivity index (χ0n) is 13.3. The number of aliphatic hydroxyl groups is 2. The molecule has 0 aliphatic carbocycles. The molecule has 0 unspecified atom stereocenters. The fourth-order valence-corrected chi connectivity index (χ4v) is 3.25. The summed E-state index contributed by atoms with van der Waals surface area (Å²) in [6, 6.07) is 7.97. The van der Waals surface area contributed by atoms with Crippen LogP contribution < -0.4 is 5.32 Å². The molecular weight excluding hydrogens is 294 g/mol. The molecule has 1 amide bonds. The van der Waals surface area contributed by atoms with E-state index in [0.717, 1.165) is 29.4 Å². The summed E-state index contributed by atoms with van der Waals surface area (Å²) >= 11 is 0. The molecule has 1 aromatic carbocycles. The fraction of sp³-hybridized carbons (Fsp3) is 0.471. The van der Waals surface area contributed by atoms with Gasteiger partial charge in [0.15, 0.2) is 0 Å². The van der Waals surface area contributed by atoms with Gasteiger partial charge in [0.1, 0.15) is 5.69 Å². The minimum Gasteiger partial charge on any atom is -0.395 e. The zero-order valence-corrected chi connectivity index (χ0v) is 13.3. The second kappa shape index (κ2) is 6.70. The van der Waals surface area contributed by atoms with Crippen LogP contribution in [0.2, 0.25) is 0 Å². The summed E-state index contributed by atoms with van der Waals surface area (Å²) in [4.78, 5) is 14.4. The largest absolute Gasteiger partial charge is 0.395 e.